The van der Waals surface area contributed by atoms with E-state index in [1.807, 2.05) is 35.9 Å². The quantitative estimate of drug-likeness (QED) is 0.731. The standard InChI is InChI=1S/C16H16BrNO3S2/c1-21-16(20)13(9-22-2)18-15(19)11-6-5-10(17)8-12(11)14-4-3-7-23-14/h3-8,13H,9H2,1-2H3,(H,18,19). The van der Waals surface area contributed by atoms with Crippen LogP contribution in [-0.2, 0) is 9.53 Å². The van der Waals surface area contributed by atoms with E-state index in [0.717, 1.165) is 14.9 Å². The van der Waals surface area contributed by atoms with Gasteiger partial charge in [-0.05, 0) is 35.9 Å². The van der Waals surface area contributed by atoms with Crippen molar-refractivity contribution < 1.29 is 14.3 Å². The second-order valence-corrected chi connectivity index (χ2v) is 7.45. The van der Waals surface area contributed by atoms with Crippen LogP contribution in [0.15, 0.2) is 40.2 Å². The minimum absolute atomic E-state index is 0.287. The van der Waals surface area contributed by atoms with Gasteiger partial charge in [0.05, 0.1) is 7.11 Å². The molecule has 23 heavy (non-hydrogen) atoms. The lowest BCUT2D eigenvalue weighted by molar-refractivity contribution is -0.142. The monoisotopic (exact) mass is 413 g/mol. The van der Waals surface area contributed by atoms with Crippen molar-refractivity contribution in [3.05, 3.63) is 45.7 Å². The molecular weight excluding hydrogens is 398 g/mol. The van der Waals surface area contributed by atoms with E-state index in [1.165, 1.54) is 18.9 Å². The van der Waals surface area contributed by atoms with Crippen LogP contribution in [0.25, 0.3) is 10.4 Å². The minimum Gasteiger partial charge on any atom is -0.467 e. The fraction of sp³-hybridized carbons (Fsp3) is 0.250. The molecule has 0 aliphatic heterocycles. The number of carbonyl (C=O) groups is 2. The summed E-state index contributed by atoms with van der Waals surface area (Å²) in [6.07, 6.45) is 1.87. The van der Waals surface area contributed by atoms with Gasteiger partial charge in [-0.25, -0.2) is 4.79 Å². The fourth-order valence-corrected chi connectivity index (χ4v) is 3.73. The largest absolute Gasteiger partial charge is 0.467 e. The molecule has 0 saturated carbocycles. The molecule has 2 rings (SSSR count). The molecule has 122 valence electrons. The average molecular weight is 414 g/mol. The first-order chi connectivity index (χ1) is 11.1. The van der Waals surface area contributed by atoms with Crippen molar-refractivity contribution in [2.75, 3.05) is 19.1 Å². The van der Waals surface area contributed by atoms with Gasteiger partial charge in [-0.15, -0.1) is 11.3 Å². The summed E-state index contributed by atoms with van der Waals surface area (Å²) in [5, 5.41) is 4.72. The van der Waals surface area contributed by atoms with E-state index < -0.39 is 12.0 Å². The normalized spacial score (nSPS) is 11.8. The molecule has 2 aromatic rings. The molecule has 0 bridgehead atoms. The van der Waals surface area contributed by atoms with Gasteiger partial charge in [-0.3, -0.25) is 4.79 Å². The third kappa shape index (κ3) is 4.59. The van der Waals surface area contributed by atoms with Gasteiger partial charge in [0.2, 0.25) is 0 Å². The van der Waals surface area contributed by atoms with Gasteiger partial charge >= 0.3 is 5.97 Å². The highest BCUT2D eigenvalue weighted by Crippen LogP contribution is 2.30. The number of rotatable bonds is 6. The van der Waals surface area contributed by atoms with Gasteiger partial charge in [-0.1, -0.05) is 22.0 Å². The van der Waals surface area contributed by atoms with Crippen molar-refractivity contribution >= 4 is 50.9 Å². The van der Waals surface area contributed by atoms with Crippen molar-refractivity contribution in [2.45, 2.75) is 6.04 Å². The minimum atomic E-state index is -0.665. The molecule has 1 aromatic heterocycles. The number of halogens is 1. The van der Waals surface area contributed by atoms with Gasteiger partial charge in [0.15, 0.2) is 0 Å². The zero-order chi connectivity index (χ0) is 16.8. The molecule has 0 aliphatic carbocycles. The third-order valence-corrected chi connectivity index (χ3v) is 5.20. The lowest BCUT2D eigenvalue weighted by atomic mass is 10.1. The summed E-state index contributed by atoms with van der Waals surface area (Å²) >= 11 is 6.47. The summed E-state index contributed by atoms with van der Waals surface area (Å²) in [5.74, 6) is -0.267. The number of methoxy groups -OCH3 is 1. The molecule has 0 radical (unpaired) electrons. The Kier molecular flexibility index (Phi) is 6.68. The lowest BCUT2D eigenvalue weighted by Crippen LogP contribution is -2.43. The molecule has 1 aromatic carbocycles. The topological polar surface area (TPSA) is 55.4 Å². The number of ether oxygens (including phenoxy) is 1. The van der Waals surface area contributed by atoms with Crippen molar-refractivity contribution in [3.8, 4) is 10.4 Å². The number of esters is 1. The Labute approximate surface area is 151 Å². The molecular formula is C16H16BrNO3S2. The number of thiophene rings is 1. The number of hydrogen-bond donors (Lipinski definition) is 1. The first-order valence-electron chi connectivity index (χ1n) is 6.78. The second kappa shape index (κ2) is 8.52. The molecule has 4 nitrogen and oxygen atoms in total. The molecule has 0 fully saturated rings. The highest BCUT2D eigenvalue weighted by atomic mass is 79.9. The third-order valence-electron chi connectivity index (χ3n) is 3.14. The van der Waals surface area contributed by atoms with Gasteiger partial charge in [0.1, 0.15) is 6.04 Å². The molecule has 1 unspecified atom stereocenters. The second-order valence-electron chi connectivity index (χ2n) is 4.67. The molecule has 1 amide bonds. The van der Waals surface area contributed by atoms with Gasteiger partial charge < -0.3 is 10.1 Å². The number of hydrogen-bond acceptors (Lipinski definition) is 5. The highest BCUT2D eigenvalue weighted by Gasteiger charge is 2.23. The van der Waals surface area contributed by atoms with Gasteiger partial charge in [0, 0.05) is 26.2 Å². The summed E-state index contributed by atoms with van der Waals surface area (Å²) < 4.78 is 5.65. The van der Waals surface area contributed by atoms with Crippen molar-refractivity contribution in [1.82, 2.24) is 5.32 Å². The summed E-state index contributed by atoms with van der Waals surface area (Å²) in [4.78, 5) is 25.4. The predicted molar refractivity (Wildman–Crippen MR) is 99.1 cm³/mol. The van der Waals surface area contributed by atoms with Crippen LogP contribution in [0.2, 0.25) is 0 Å². The average Bonchev–Trinajstić information content (AvgIpc) is 3.07. The van der Waals surface area contributed by atoms with Crippen molar-refractivity contribution in [1.29, 1.82) is 0 Å². The predicted octanol–water partition coefficient (Wildman–Crippen LogP) is 3.81. The zero-order valence-electron chi connectivity index (χ0n) is 12.7. The first kappa shape index (κ1) is 18.0. The van der Waals surface area contributed by atoms with E-state index in [2.05, 4.69) is 21.2 Å². The first-order valence-corrected chi connectivity index (χ1v) is 9.84. The number of thioether (sulfide) groups is 1. The number of amides is 1. The van der Waals surface area contributed by atoms with E-state index in [1.54, 1.807) is 17.4 Å². The van der Waals surface area contributed by atoms with Crippen LogP contribution in [0.1, 0.15) is 10.4 Å². The smallest absolute Gasteiger partial charge is 0.329 e. The molecule has 0 saturated heterocycles. The summed E-state index contributed by atoms with van der Waals surface area (Å²) in [5.41, 5.74) is 1.37. The number of benzene rings is 1. The lowest BCUT2D eigenvalue weighted by Gasteiger charge is -2.16. The zero-order valence-corrected chi connectivity index (χ0v) is 15.9. The summed E-state index contributed by atoms with van der Waals surface area (Å²) in [6, 6.07) is 8.71. The van der Waals surface area contributed by atoms with Gasteiger partial charge in [0.25, 0.3) is 5.91 Å². The number of carbonyl (C=O) groups excluding carboxylic acids is 2. The summed E-state index contributed by atoms with van der Waals surface area (Å²) in [7, 11) is 1.32. The van der Waals surface area contributed by atoms with Crippen LogP contribution in [0.4, 0.5) is 0 Å². The van der Waals surface area contributed by atoms with E-state index in [4.69, 9.17) is 4.74 Å². The molecule has 1 N–H and O–H groups in total. The van der Waals surface area contributed by atoms with Crippen LogP contribution in [0.3, 0.4) is 0 Å². The van der Waals surface area contributed by atoms with Crippen LogP contribution in [0, 0.1) is 0 Å². The van der Waals surface area contributed by atoms with Gasteiger partial charge in [-0.2, -0.15) is 11.8 Å². The van der Waals surface area contributed by atoms with Crippen molar-refractivity contribution in [3.63, 3.8) is 0 Å². The fourth-order valence-electron chi connectivity index (χ4n) is 2.06. The van der Waals surface area contributed by atoms with Crippen LogP contribution in [-0.4, -0.2) is 37.0 Å². The Hall–Kier alpha value is -1.31. The van der Waals surface area contributed by atoms with E-state index in [0.29, 0.717) is 11.3 Å². The Morgan fingerprint density at radius 2 is 2.17 bits per heavy atom. The van der Waals surface area contributed by atoms with E-state index >= 15 is 0 Å². The van der Waals surface area contributed by atoms with Crippen LogP contribution in [0.5, 0.6) is 0 Å². The molecule has 1 atom stereocenters. The molecule has 0 spiro atoms. The SMILES string of the molecule is COC(=O)C(CSC)NC(=O)c1ccc(Br)cc1-c1cccs1. The summed E-state index contributed by atoms with van der Waals surface area (Å²) in [6.45, 7) is 0. The van der Waals surface area contributed by atoms with Crippen LogP contribution < -0.4 is 5.32 Å². The Bertz CT molecular complexity index is 689. The van der Waals surface area contributed by atoms with E-state index in [-0.39, 0.29) is 5.91 Å². The molecule has 0 aliphatic rings. The van der Waals surface area contributed by atoms with Crippen LogP contribution >= 0.6 is 39.0 Å². The Morgan fingerprint density at radius 1 is 1.39 bits per heavy atom. The maximum Gasteiger partial charge on any atom is 0.329 e. The molecule has 7 heteroatoms. The van der Waals surface area contributed by atoms with Crippen molar-refractivity contribution in [2.24, 2.45) is 0 Å². The number of nitrogens with one attached hydrogen (secondary N) is 1. The maximum atomic E-state index is 12.6. The van der Waals surface area contributed by atoms with E-state index in [9.17, 15) is 9.59 Å². The maximum absolute atomic E-state index is 12.6. The Morgan fingerprint density at radius 3 is 2.78 bits per heavy atom. The Balaban J connectivity index is 2.30. The highest BCUT2D eigenvalue weighted by molar-refractivity contribution is 9.10. The molecule has 1 heterocycles.